The number of rotatable bonds is 0. The Labute approximate surface area is 78.6 Å². The summed E-state index contributed by atoms with van der Waals surface area (Å²) in [5.41, 5.74) is 2.88. The maximum absolute atomic E-state index is 5.48. The summed E-state index contributed by atoms with van der Waals surface area (Å²) in [6.07, 6.45) is 2.63. The van der Waals surface area contributed by atoms with Gasteiger partial charge < -0.3 is 9.88 Å². The third kappa shape index (κ3) is 1.11. The molecule has 2 atom stereocenters. The van der Waals surface area contributed by atoms with Gasteiger partial charge in [0, 0.05) is 6.04 Å². The van der Waals surface area contributed by atoms with E-state index in [0.29, 0.717) is 12.1 Å². The summed E-state index contributed by atoms with van der Waals surface area (Å²) in [5.74, 6) is 0. The lowest BCUT2D eigenvalue weighted by Crippen LogP contribution is -2.27. The predicted octanol–water partition coefficient (Wildman–Crippen LogP) is 1.20. The number of aryl methyl sites for hydroxylation is 1. The SMILES string of the molecule is [B]1NC2c3ccccc3CC[C@@H]2O1. The van der Waals surface area contributed by atoms with Crippen molar-refractivity contribution in [3.63, 3.8) is 0 Å². The van der Waals surface area contributed by atoms with E-state index in [9.17, 15) is 0 Å². The molecular formula is C10H11BNO. The Hall–Kier alpha value is -0.795. The first-order valence-corrected chi connectivity index (χ1v) is 4.76. The Balaban J connectivity index is 2.06. The Bertz CT molecular complexity index is 328. The first kappa shape index (κ1) is 7.59. The first-order valence-electron chi connectivity index (χ1n) is 4.76. The van der Waals surface area contributed by atoms with Crippen LogP contribution < -0.4 is 5.23 Å². The van der Waals surface area contributed by atoms with Crippen molar-refractivity contribution in [2.24, 2.45) is 0 Å². The van der Waals surface area contributed by atoms with Crippen LogP contribution >= 0.6 is 0 Å². The molecule has 0 aromatic heterocycles. The van der Waals surface area contributed by atoms with Crippen LogP contribution in [-0.4, -0.2) is 13.7 Å². The Morgan fingerprint density at radius 1 is 1.38 bits per heavy atom. The maximum atomic E-state index is 5.48. The molecule has 65 valence electrons. The number of hydrogen-bond acceptors (Lipinski definition) is 2. The second-order valence-corrected chi connectivity index (χ2v) is 3.67. The minimum atomic E-state index is 0.356. The average Bonchev–Trinajstić information content (AvgIpc) is 2.65. The van der Waals surface area contributed by atoms with Gasteiger partial charge in [0.05, 0.1) is 6.10 Å². The smallest absolute Gasteiger partial charge is 0.396 e. The molecular weight excluding hydrogens is 161 g/mol. The van der Waals surface area contributed by atoms with E-state index in [1.54, 1.807) is 7.62 Å². The molecule has 1 unspecified atom stereocenters. The molecule has 2 aliphatic rings. The quantitative estimate of drug-likeness (QED) is 0.593. The van der Waals surface area contributed by atoms with Crippen LogP contribution in [0.5, 0.6) is 0 Å². The van der Waals surface area contributed by atoms with Gasteiger partial charge in [-0.25, -0.2) is 0 Å². The van der Waals surface area contributed by atoms with Gasteiger partial charge in [-0.15, -0.1) is 0 Å². The van der Waals surface area contributed by atoms with E-state index < -0.39 is 0 Å². The molecule has 1 radical (unpaired) electrons. The highest BCUT2D eigenvalue weighted by atomic mass is 16.5. The van der Waals surface area contributed by atoms with Gasteiger partial charge in [-0.1, -0.05) is 24.3 Å². The molecule has 1 aliphatic heterocycles. The number of nitrogens with one attached hydrogen (secondary N) is 1. The Morgan fingerprint density at radius 2 is 2.31 bits per heavy atom. The normalized spacial score (nSPS) is 30.5. The molecule has 13 heavy (non-hydrogen) atoms. The number of fused-ring (bicyclic) bond motifs is 3. The van der Waals surface area contributed by atoms with Gasteiger partial charge in [0.15, 0.2) is 0 Å². The zero-order valence-electron chi connectivity index (χ0n) is 7.36. The van der Waals surface area contributed by atoms with Crippen molar-refractivity contribution in [3.05, 3.63) is 35.4 Å². The average molecular weight is 172 g/mol. The second kappa shape index (κ2) is 2.86. The standard InChI is InChI=1S/C10H11BNO/c1-2-4-8-7(3-1)5-6-9-10(8)12-11-13-9/h1-4,9-10,12H,5-6H2/t9-,10?/m0/s1. The van der Waals surface area contributed by atoms with Gasteiger partial charge in [-0.2, -0.15) is 0 Å². The monoisotopic (exact) mass is 172 g/mol. The summed E-state index contributed by atoms with van der Waals surface area (Å²) >= 11 is 0. The van der Waals surface area contributed by atoms with Gasteiger partial charge in [0.25, 0.3) is 0 Å². The van der Waals surface area contributed by atoms with Crippen LogP contribution in [0, 0.1) is 0 Å². The van der Waals surface area contributed by atoms with Gasteiger partial charge >= 0.3 is 7.62 Å². The van der Waals surface area contributed by atoms with Crippen LogP contribution in [0.4, 0.5) is 0 Å². The van der Waals surface area contributed by atoms with Crippen LogP contribution in [-0.2, 0) is 11.1 Å². The number of benzene rings is 1. The van der Waals surface area contributed by atoms with Crippen molar-refractivity contribution in [1.29, 1.82) is 0 Å². The molecule has 1 aromatic carbocycles. The van der Waals surface area contributed by atoms with Crippen molar-refractivity contribution in [3.8, 4) is 0 Å². The van der Waals surface area contributed by atoms with Crippen LogP contribution in [0.2, 0.25) is 0 Å². The Kier molecular flexibility index (Phi) is 1.67. The van der Waals surface area contributed by atoms with E-state index in [1.165, 1.54) is 11.1 Å². The number of hydrogen-bond donors (Lipinski definition) is 1. The fraction of sp³-hybridized carbons (Fsp3) is 0.400. The molecule has 1 fully saturated rings. The topological polar surface area (TPSA) is 21.3 Å². The summed E-state index contributed by atoms with van der Waals surface area (Å²) in [7, 11) is 1.73. The predicted molar refractivity (Wildman–Crippen MR) is 51.3 cm³/mol. The lowest BCUT2D eigenvalue weighted by Gasteiger charge is -2.27. The largest absolute Gasteiger partial charge is 0.419 e. The van der Waals surface area contributed by atoms with Gasteiger partial charge in [-0.05, 0) is 24.0 Å². The highest BCUT2D eigenvalue weighted by Gasteiger charge is 2.34. The lowest BCUT2D eigenvalue weighted by atomic mass is 9.86. The molecule has 3 rings (SSSR count). The zero-order chi connectivity index (χ0) is 8.67. The maximum Gasteiger partial charge on any atom is 0.396 e. The van der Waals surface area contributed by atoms with E-state index in [2.05, 4.69) is 29.5 Å². The van der Waals surface area contributed by atoms with Crippen molar-refractivity contribution in [1.82, 2.24) is 5.23 Å². The fourth-order valence-corrected chi connectivity index (χ4v) is 2.27. The van der Waals surface area contributed by atoms with Crippen molar-refractivity contribution in [2.75, 3.05) is 0 Å². The van der Waals surface area contributed by atoms with Crippen LogP contribution in [0.1, 0.15) is 23.6 Å². The van der Waals surface area contributed by atoms with Crippen molar-refractivity contribution < 1.29 is 4.65 Å². The van der Waals surface area contributed by atoms with E-state index in [-0.39, 0.29) is 0 Å². The molecule has 1 saturated heterocycles. The minimum absolute atomic E-state index is 0.356. The summed E-state index contributed by atoms with van der Waals surface area (Å²) in [6, 6.07) is 9.01. The molecule has 0 bridgehead atoms. The van der Waals surface area contributed by atoms with Crippen molar-refractivity contribution in [2.45, 2.75) is 25.0 Å². The summed E-state index contributed by atoms with van der Waals surface area (Å²) in [4.78, 5) is 0. The molecule has 3 heteroatoms. The summed E-state index contributed by atoms with van der Waals surface area (Å²) in [5, 5.41) is 3.27. The lowest BCUT2D eigenvalue weighted by molar-refractivity contribution is 0.196. The van der Waals surface area contributed by atoms with E-state index >= 15 is 0 Å². The van der Waals surface area contributed by atoms with E-state index in [0.717, 1.165) is 12.8 Å². The molecule has 0 amide bonds. The molecule has 1 aliphatic carbocycles. The zero-order valence-corrected chi connectivity index (χ0v) is 7.36. The Morgan fingerprint density at radius 3 is 3.31 bits per heavy atom. The van der Waals surface area contributed by atoms with Crippen LogP contribution in [0.3, 0.4) is 0 Å². The third-order valence-corrected chi connectivity index (χ3v) is 2.95. The van der Waals surface area contributed by atoms with Crippen molar-refractivity contribution >= 4 is 7.62 Å². The highest BCUT2D eigenvalue weighted by Crippen LogP contribution is 2.33. The molecule has 1 aromatic rings. The first-order chi connectivity index (χ1) is 6.45. The summed E-state index contributed by atoms with van der Waals surface area (Å²) in [6.45, 7) is 0. The molecule has 0 saturated carbocycles. The minimum Gasteiger partial charge on any atom is -0.419 e. The van der Waals surface area contributed by atoms with E-state index in [4.69, 9.17) is 4.65 Å². The van der Waals surface area contributed by atoms with Gasteiger partial charge in [0.2, 0.25) is 0 Å². The van der Waals surface area contributed by atoms with Crippen LogP contribution in [0.15, 0.2) is 24.3 Å². The molecule has 1 N–H and O–H groups in total. The molecule has 0 spiro atoms. The van der Waals surface area contributed by atoms with Gasteiger partial charge in [-0.3, -0.25) is 0 Å². The molecule has 1 heterocycles. The van der Waals surface area contributed by atoms with E-state index in [1.807, 2.05) is 0 Å². The highest BCUT2D eigenvalue weighted by molar-refractivity contribution is 6.24. The third-order valence-electron chi connectivity index (χ3n) is 2.95. The summed E-state index contributed by atoms with van der Waals surface area (Å²) < 4.78 is 5.48. The molecule has 2 nitrogen and oxygen atoms in total. The fourth-order valence-electron chi connectivity index (χ4n) is 2.27. The van der Waals surface area contributed by atoms with Gasteiger partial charge in [0.1, 0.15) is 0 Å². The second-order valence-electron chi connectivity index (χ2n) is 3.67. The van der Waals surface area contributed by atoms with Crippen LogP contribution in [0.25, 0.3) is 0 Å².